The summed E-state index contributed by atoms with van der Waals surface area (Å²) in [6, 6.07) is 3.68. The summed E-state index contributed by atoms with van der Waals surface area (Å²) < 4.78 is 10.1. The molecular formula is C16H22O4. The molecule has 0 saturated heterocycles. The van der Waals surface area contributed by atoms with Crippen LogP contribution in [0.2, 0.25) is 0 Å². The van der Waals surface area contributed by atoms with E-state index in [1.54, 1.807) is 19.9 Å². The zero-order chi connectivity index (χ0) is 15.1. The van der Waals surface area contributed by atoms with E-state index in [0.717, 1.165) is 17.5 Å². The molecule has 0 heterocycles. The highest BCUT2D eigenvalue weighted by atomic mass is 16.5. The van der Waals surface area contributed by atoms with Crippen molar-refractivity contribution in [3.8, 4) is 0 Å². The molecule has 4 nitrogen and oxygen atoms in total. The van der Waals surface area contributed by atoms with E-state index in [-0.39, 0.29) is 13.2 Å². The Morgan fingerprint density at radius 2 is 1.50 bits per heavy atom. The molecular weight excluding hydrogens is 256 g/mol. The molecule has 0 aromatic heterocycles. The summed E-state index contributed by atoms with van der Waals surface area (Å²) in [5.74, 6) is -0.935. The summed E-state index contributed by atoms with van der Waals surface area (Å²) in [5, 5.41) is 0. The summed E-state index contributed by atoms with van der Waals surface area (Å²) in [6.07, 6.45) is 1.46. The molecule has 0 N–H and O–H groups in total. The molecule has 1 rings (SSSR count). The van der Waals surface area contributed by atoms with Gasteiger partial charge in [0, 0.05) is 0 Å². The van der Waals surface area contributed by atoms with Crippen LogP contribution in [0.25, 0.3) is 0 Å². The van der Waals surface area contributed by atoms with E-state index in [2.05, 4.69) is 0 Å². The normalized spacial score (nSPS) is 10.2. The van der Waals surface area contributed by atoms with Gasteiger partial charge in [0.1, 0.15) is 0 Å². The van der Waals surface area contributed by atoms with Crippen molar-refractivity contribution in [1.29, 1.82) is 0 Å². The number of ether oxygens (including phenoxy) is 2. The highest BCUT2D eigenvalue weighted by molar-refractivity contribution is 6.04. The fraction of sp³-hybridized carbons (Fsp3) is 0.500. The first-order valence-corrected chi connectivity index (χ1v) is 7.08. The minimum absolute atomic E-state index is 0.277. The van der Waals surface area contributed by atoms with Gasteiger partial charge in [-0.05, 0) is 43.9 Å². The van der Waals surface area contributed by atoms with Crippen molar-refractivity contribution in [3.05, 3.63) is 34.4 Å². The maximum Gasteiger partial charge on any atom is 0.339 e. The molecule has 110 valence electrons. The SMILES string of the molecule is CCOC(=O)c1cc(CC)cc(CC)c1C(=O)OCC. The van der Waals surface area contributed by atoms with Crippen LogP contribution in [0, 0.1) is 0 Å². The molecule has 0 atom stereocenters. The van der Waals surface area contributed by atoms with Crippen molar-refractivity contribution in [3.63, 3.8) is 0 Å². The van der Waals surface area contributed by atoms with E-state index in [9.17, 15) is 9.59 Å². The van der Waals surface area contributed by atoms with E-state index in [1.807, 2.05) is 19.9 Å². The van der Waals surface area contributed by atoms with Crippen LogP contribution in [0.1, 0.15) is 59.5 Å². The van der Waals surface area contributed by atoms with E-state index in [4.69, 9.17) is 9.47 Å². The highest BCUT2D eigenvalue weighted by Crippen LogP contribution is 2.21. The molecule has 0 spiro atoms. The van der Waals surface area contributed by atoms with Gasteiger partial charge in [0.05, 0.1) is 24.3 Å². The number of carbonyl (C=O) groups excluding carboxylic acids is 2. The molecule has 0 bridgehead atoms. The van der Waals surface area contributed by atoms with E-state index >= 15 is 0 Å². The van der Waals surface area contributed by atoms with Gasteiger partial charge in [-0.3, -0.25) is 0 Å². The number of benzene rings is 1. The summed E-state index contributed by atoms with van der Waals surface area (Å²) in [7, 11) is 0. The maximum absolute atomic E-state index is 12.1. The molecule has 0 aliphatic carbocycles. The molecule has 0 aliphatic heterocycles. The summed E-state index contributed by atoms with van der Waals surface area (Å²) in [4.78, 5) is 24.2. The van der Waals surface area contributed by atoms with Crippen LogP contribution in [0.5, 0.6) is 0 Å². The third-order valence-corrected chi connectivity index (χ3v) is 3.04. The van der Waals surface area contributed by atoms with Crippen molar-refractivity contribution in [2.24, 2.45) is 0 Å². The van der Waals surface area contributed by atoms with Gasteiger partial charge < -0.3 is 9.47 Å². The molecule has 0 fully saturated rings. The quantitative estimate of drug-likeness (QED) is 0.750. The third-order valence-electron chi connectivity index (χ3n) is 3.04. The molecule has 4 heteroatoms. The molecule has 0 saturated carbocycles. The molecule has 0 amide bonds. The van der Waals surface area contributed by atoms with Gasteiger partial charge in [-0.15, -0.1) is 0 Å². The van der Waals surface area contributed by atoms with Crippen LogP contribution in [-0.2, 0) is 22.3 Å². The molecule has 0 aliphatic rings. The number of rotatable bonds is 6. The fourth-order valence-electron chi connectivity index (χ4n) is 2.07. The Labute approximate surface area is 120 Å². The number of hydrogen-bond donors (Lipinski definition) is 0. The van der Waals surface area contributed by atoms with Gasteiger partial charge in [-0.25, -0.2) is 9.59 Å². The zero-order valence-corrected chi connectivity index (χ0v) is 12.6. The number of carbonyl (C=O) groups is 2. The van der Waals surface area contributed by atoms with Gasteiger partial charge in [-0.1, -0.05) is 19.9 Å². The molecule has 0 radical (unpaired) electrons. The second-order valence-electron chi connectivity index (χ2n) is 4.33. The van der Waals surface area contributed by atoms with Gasteiger partial charge in [0.2, 0.25) is 0 Å². The van der Waals surface area contributed by atoms with Crippen LogP contribution < -0.4 is 0 Å². The first kappa shape index (κ1) is 16.2. The van der Waals surface area contributed by atoms with Crippen molar-refractivity contribution in [2.45, 2.75) is 40.5 Å². The Hall–Kier alpha value is -1.84. The van der Waals surface area contributed by atoms with Gasteiger partial charge in [-0.2, -0.15) is 0 Å². The van der Waals surface area contributed by atoms with Crippen LogP contribution in [-0.4, -0.2) is 25.2 Å². The molecule has 0 unspecified atom stereocenters. The molecule has 20 heavy (non-hydrogen) atoms. The van der Waals surface area contributed by atoms with E-state index in [0.29, 0.717) is 17.5 Å². The lowest BCUT2D eigenvalue weighted by Crippen LogP contribution is -2.17. The zero-order valence-electron chi connectivity index (χ0n) is 12.6. The monoisotopic (exact) mass is 278 g/mol. The smallest absolute Gasteiger partial charge is 0.339 e. The number of aryl methyl sites for hydroxylation is 2. The Morgan fingerprint density at radius 3 is 2.00 bits per heavy atom. The second-order valence-corrected chi connectivity index (χ2v) is 4.33. The average Bonchev–Trinajstić information content (AvgIpc) is 2.46. The maximum atomic E-state index is 12.1. The number of esters is 2. The van der Waals surface area contributed by atoms with Crippen molar-refractivity contribution in [1.82, 2.24) is 0 Å². The van der Waals surface area contributed by atoms with Crippen molar-refractivity contribution >= 4 is 11.9 Å². The lowest BCUT2D eigenvalue weighted by molar-refractivity contribution is 0.0477. The predicted octanol–water partition coefficient (Wildman–Crippen LogP) is 3.16. The van der Waals surface area contributed by atoms with Crippen molar-refractivity contribution in [2.75, 3.05) is 13.2 Å². The van der Waals surface area contributed by atoms with Gasteiger partial charge in [0.15, 0.2) is 0 Å². The van der Waals surface area contributed by atoms with E-state index < -0.39 is 11.9 Å². The topological polar surface area (TPSA) is 52.6 Å². The Morgan fingerprint density at radius 1 is 0.900 bits per heavy atom. The van der Waals surface area contributed by atoms with Crippen LogP contribution in [0.15, 0.2) is 12.1 Å². The van der Waals surface area contributed by atoms with Crippen LogP contribution in [0.4, 0.5) is 0 Å². The first-order valence-electron chi connectivity index (χ1n) is 7.08. The lowest BCUT2D eigenvalue weighted by Gasteiger charge is -2.14. The minimum atomic E-state index is -0.472. The van der Waals surface area contributed by atoms with Crippen molar-refractivity contribution < 1.29 is 19.1 Å². The van der Waals surface area contributed by atoms with Gasteiger partial charge >= 0.3 is 11.9 Å². The van der Waals surface area contributed by atoms with Crippen LogP contribution >= 0.6 is 0 Å². The largest absolute Gasteiger partial charge is 0.462 e. The number of hydrogen-bond acceptors (Lipinski definition) is 4. The predicted molar refractivity (Wildman–Crippen MR) is 77.1 cm³/mol. The lowest BCUT2D eigenvalue weighted by atomic mass is 9.95. The second kappa shape index (κ2) is 7.68. The Kier molecular flexibility index (Phi) is 6.22. The fourth-order valence-corrected chi connectivity index (χ4v) is 2.07. The Balaban J connectivity index is 3.41. The third kappa shape index (κ3) is 3.59. The standard InChI is InChI=1S/C16H22O4/c1-5-11-9-12(6-2)14(16(18)20-8-4)13(10-11)15(17)19-7-3/h9-10H,5-8H2,1-4H3. The first-order chi connectivity index (χ1) is 9.58. The van der Waals surface area contributed by atoms with Crippen LogP contribution in [0.3, 0.4) is 0 Å². The Bertz CT molecular complexity index is 491. The molecule has 1 aromatic rings. The average molecular weight is 278 g/mol. The summed E-state index contributed by atoms with van der Waals surface area (Å²) in [6.45, 7) is 8.00. The highest BCUT2D eigenvalue weighted by Gasteiger charge is 2.23. The summed E-state index contributed by atoms with van der Waals surface area (Å²) in [5.41, 5.74) is 2.48. The minimum Gasteiger partial charge on any atom is -0.462 e. The summed E-state index contributed by atoms with van der Waals surface area (Å²) >= 11 is 0. The van der Waals surface area contributed by atoms with E-state index in [1.165, 1.54) is 0 Å². The molecule has 1 aromatic carbocycles. The van der Waals surface area contributed by atoms with Gasteiger partial charge in [0.25, 0.3) is 0 Å².